The molecule has 0 aliphatic rings. The summed E-state index contributed by atoms with van der Waals surface area (Å²) in [6.07, 6.45) is 2.37. The number of nitrogens with zero attached hydrogens (tertiary/aromatic N) is 3. The van der Waals surface area contributed by atoms with Crippen molar-refractivity contribution in [2.75, 3.05) is 5.73 Å². The molecule has 2 aromatic rings. The number of nitrogens with two attached hydrogens (primary N) is 1. The molecular formula is C12H13ClN4S. The lowest BCUT2D eigenvalue weighted by atomic mass is 10.3. The van der Waals surface area contributed by atoms with Crippen molar-refractivity contribution in [2.45, 2.75) is 30.3 Å². The molecule has 2 heterocycles. The number of nitrogen functional groups attached to an aromatic ring is 1. The van der Waals surface area contributed by atoms with Gasteiger partial charge in [0.05, 0.1) is 5.02 Å². The quantitative estimate of drug-likeness (QED) is 0.875. The van der Waals surface area contributed by atoms with E-state index in [2.05, 4.69) is 15.0 Å². The van der Waals surface area contributed by atoms with E-state index in [0.29, 0.717) is 10.8 Å². The van der Waals surface area contributed by atoms with Crippen LogP contribution in [0, 0.1) is 6.92 Å². The first-order chi connectivity index (χ1) is 8.60. The fourth-order valence-corrected chi connectivity index (χ4v) is 2.30. The largest absolute Gasteiger partial charge is 0.383 e. The van der Waals surface area contributed by atoms with Gasteiger partial charge in [-0.2, -0.15) is 0 Å². The molecule has 0 unspecified atom stereocenters. The third-order valence-corrected chi connectivity index (χ3v) is 3.67. The number of hydrogen-bond donors (Lipinski definition) is 1. The van der Waals surface area contributed by atoms with Crippen molar-refractivity contribution in [3.8, 4) is 0 Å². The number of aryl methyl sites for hydroxylation is 1. The summed E-state index contributed by atoms with van der Waals surface area (Å²) in [4.78, 5) is 12.9. The monoisotopic (exact) mass is 280 g/mol. The Balaban J connectivity index is 2.33. The fourth-order valence-electron chi connectivity index (χ4n) is 1.34. The minimum Gasteiger partial charge on any atom is -0.383 e. The van der Waals surface area contributed by atoms with Crippen LogP contribution in [0.4, 0.5) is 5.82 Å². The Kier molecular flexibility index (Phi) is 4.04. The molecule has 0 radical (unpaired) electrons. The first kappa shape index (κ1) is 13.1. The van der Waals surface area contributed by atoms with Crippen LogP contribution in [-0.4, -0.2) is 15.0 Å². The molecule has 0 spiro atoms. The van der Waals surface area contributed by atoms with Crippen LogP contribution in [-0.2, 0) is 6.42 Å². The molecule has 0 atom stereocenters. The highest BCUT2D eigenvalue weighted by Gasteiger charge is 2.10. The maximum atomic E-state index is 5.87. The number of hydrogen-bond acceptors (Lipinski definition) is 5. The Morgan fingerprint density at radius 1 is 1.33 bits per heavy atom. The van der Waals surface area contributed by atoms with Crippen LogP contribution in [0.3, 0.4) is 0 Å². The van der Waals surface area contributed by atoms with E-state index in [1.165, 1.54) is 11.8 Å². The Morgan fingerprint density at radius 2 is 2.11 bits per heavy atom. The fraction of sp³-hybridized carbons (Fsp3) is 0.250. The van der Waals surface area contributed by atoms with E-state index in [9.17, 15) is 0 Å². The average Bonchev–Trinajstić information content (AvgIpc) is 2.37. The Hall–Kier alpha value is -1.33. The molecule has 0 amide bonds. The molecule has 94 valence electrons. The van der Waals surface area contributed by atoms with E-state index in [0.717, 1.165) is 27.9 Å². The van der Waals surface area contributed by atoms with Gasteiger partial charge in [0.1, 0.15) is 21.7 Å². The zero-order valence-corrected chi connectivity index (χ0v) is 11.7. The number of pyridine rings is 1. The zero-order chi connectivity index (χ0) is 13.1. The number of rotatable bonds is 3. The normalized spacial score (nSPS) is 10.6. The maximum Gasteiger partial charge on any atom is 0.131 e. The summed E-state index contributed by atoms with van der Waals surface area (Å²) in [7, 11) is 0. The lowest BCUT2D eigenvalue weighted by molar-refractivity contribution is 0.877. The summed E-state index contributed by atoms with van der Waals surface area (Å²) in [6.45, 7) is 3.91. The van der Waals surface area contributed by atoms with E-state index in [1.807, 2.05) is 19.9 Å². The molecular weight excluding hydrogens is 268 g/mol. The van der Waals surface area contributed by atoms with Crippen LogP contribution < -0.4 is 5.73 Å². The third-order valence-electron chi connectivity index (χ3n) is 2.40. The molecule has 18 heavy (non-hydrogen) atoms. The molecule has 0 saturated carbocycles. The SMILES string of the molecule is CCc1nc(N)c(C)c(Sc2ccc(Cl)cn2)n1. The van der Waals surface area contributed by atoms with Gasteiger partial charge < -0.3 is 5.73 Å². The van der Waals surface area contributed by atoms with Gasteiger partial charge in [0.25, 0.3) is 0 Å². The van der Waals surface area contributed by atoms with E-state index in [1.54, 1.807) is 12.3 Å². The van der Waals surface area contributed by atoms with E-state index in [4.69, 9.17) is 17.3 Å². The van der Waals surface area contributed by atoms with Gasteiger partial charge in [0, 0.05) is 18.2 Å². The van der Waals surface area contributed by atoms with Gasteiger partial charge in [-0.1, -0.05) is 18.5 Å². The van der Waals surface area contributed by atoms with Crippen LogP contribution in [0.25, 0.3) is 0 Å². The summed E-state index contributed by atoms with van der Waals surface area (Å²) in [5.74, 6) is 1.27. The average molecular weight is 281 g/mol. The number of anilines is 1. The van der Waals surface area contributed by atoms with E-state index < -0.39 is 0 Å². The summed E-state index contributed by atoms with van der Waals surface area (Å²) in [5.41, 5.74) is 6.75. The van der Waals surface area contributed by atoms with Gasteiger partial charge in [0.15, 0.2) is 0 Å². The summed E-state index contributed by atoms with van der Waals surface area (Å²) in [5, 5.41) is 2.30. The first-order valence-electron chi connectivity index (χ1n) is 5.52. The molecule has 0 fully saturated rings. The van der Waals surface area contributed by atoms with Crippen molar-refractivity contribution in [3.63, 3.8) is 0 Å². The van der Waals surface area contributed by atoms with Crippen molar-refractivity contribution in [1.29, 1.82) is 0 Å². The smallest absolute Gasteiger partial charge is 0.131 e. The van der Waals surface area contributed by atoms with Crippen LogP contribution in [0.5, 0.6) is 0 Å². The van der Waals surface area contributed by atoms with Crippen molar-refractivity contribution in [1.82, 2.24) is 15.0 Å². The maximum absolute atomic E-state index is 5.87. The van der Waals surface area contributed by atoms with E-state index >= 15 is 0 Å². The number of halogens is 1. The second-order valence-electron chi connectivity index (χ2n) is 3.73. The molecule has 0 saturated heterocycles. The lowest BCUT2D eigenvalue weighted by Crippen LogP contribution is -2.03. The number of aromatic nitrogens is 3. The Labute approximate surface area is 115 Å². The van der Waals surface area contributed by atoms with Crippen molar-refractivity contribution < 1.29 is 0 Å². The highest BCUT2D eigenvalue weighted by Crippen LogP contribution is 2.29. The van der Waals surface area contributed by atoms with Crippen LogP contribution in [0.2, 0.25) is 5.02 Å². The molecule has 2 rings (SSSR count). The van der Waals surface area contributed by atoms with Gasteiger partial charge in [-0.25, -0.2) is 15.0 Å². The summed E-state index contributed by atoms with van der Waals surface area (Å²) >= 11 is 7.27. The first-order valence-corrected chi connectivity index (χ1v) is 6.72. The standard InChI is InChI=1S/C12H13ClN4S/c1-3-9-16-11(14)7(2)12(17-9)18-10-5-4-8(13)6-15-10/h4-6H,3H2,1-2H3,(H2,14,16,17). The topological polar surface area (TPSA) is 64.7 Å². The molecule has 6 heteroatoms. The molecule has 0 bridgehead atoms. The van der Waals surface area contributed by atoms with Crippen molar-refractivity contribution in [2.24, 2.45) is 0 Å². The lowest BCUT2D eigenvalue weighted by Gasteiger charge is -2.08. The minimum absolute atomic E-state index is 0.526. The van der Waals surface area contributed by atoms with Crippen LogP contribution >= 0.6 is 23.4 Å². The van der Waals surface area contributed by atoms with Gasteiger partial charge in [0.2, 0.25) is 0 Å². The molecule has 2 N–H and O–H groups in total. The highest BCUT2D eigenvalue weighted by molar-refractivity contribution is 7.99. The minimum atomic E-state index is 0.526. The molecule has 2 aromatic heterocycles. The van der Waals surface area contributed by atoms with Crippen molar-refractivity contribution in [3.05, 3.63) is 34.7 Å². The Morgan fingerprint density at radius 3 is 2.72 bits per heavy atom. The molecule has 0 aromatic carbocycles. The van der Waals surface area contributed by atoms with Gasteiger partial charge in [-0.05, 0) is 30.8 Å². The Bertz CT molecular complexity index is 557. The van der Waals surface area contributed by atoms with Crippen molar-refractivity contribution >= 4 is 29.2 Å². The second kappa shape index (κ2) is 5.54. The zero-order valence-electron chi connectivity index (χ0n) is 10.1. The third kappa shape index (κ3) is 2.91. The summed E-state index contributed by atoms with van der Waals surface area (Å²) in [6, 6.07) is 3.66. The van der Waals surface area contributed by atoms with Gasteiger partial charge in [-0.15, -0.1) is 0 Å². The van der Waals surface area contributed by atoms with Crippen LogP contribution in [0.15, 0.2) is 28.4 Å². The van der Waals surface area contributed by atoms with Gasteiger partial charge >= 0.3 is 0 Å². The highest BCUT2D eigenvalue weighted by atomic mass is 35.5. The second-order valence-corrected chi connectivity index (χ2v) is 5.17. The van der Waals surface area contributed by atoms with Gasteiger partial charge in [-0.3, -0.25) is 0 Å². The molecule has 4 nitrogen and oxygen atoms in total. The predicted molar refractivity (Wildman–Crippen MR) is 73.9 cm³/mol. The predicted octanol–water partition coefficient (Wildman–Crippen LogP) is 3.13. The molecule has 0 aliphatic carbocycles. The summed E-state index contributed by atoms with van der Waals surface area (Å²) < 4.78 is 0. The molecule has 0 aliphatic heterocycles. The van der Waals surface area contributed by atoms with Crippen LogP contribution in [0.1, 0.15) is 18.3 Å². The van der Waals surface area contributed by atoms with E-state index in [-0.39, 0.29) is 0 Å².